The Labute approximate surface area is 119 Å². The number of fused-ring (bicyclic) bond motifs is 1. The summed E-state index contributed by atoms with van der Waals surface area (Å²) in [4.78, 5) is 4.56. The average Bonchev–Trinajstić information content (AvgIpc) is 2.76. The third kappa shape index (κ3) is 2.72. The zero-order valence-electron chi connectivity index (χ0n) is 12.1. The lowest BCUT2D eigenvalue weighted by atomic mass is 9.85. The van der Waals surface area contributed by atoms with E-state index in [1.807, 2.05) is 31.3 Å². The molecule has 1 aliphatic carbocycles. The molecule has 4 heteroatoms. The van der Waals surface area contributed by atoms with E-state index in [1.165, 1.54) is 12.1 Å². The molecule has 3 rings (SSSR count). The zero-order chi connectivity index (χ0) is 14.0. The molecule has 0 saturated heterocycles. The maximum Gasteiger partial charge on any atom is 0.137 e. The Morgan fingerprint density at radius 1 is 1.30 bits per heavy atom. The molecule has 2 heterocycles. The minimum Gasteiger partial charge on any atom is -0.389 e. The van der Waals surface area contributed by atoms with Crippen LogP contribution < -0.4 is 5.32 Å². The van der Waals surface area contributed by atoms with Gasteiger partial charge in [-0.15, -0.1) is 0 Å². The number of hydrogen-bond donors (Lipinski definition) is 2. The third-order valence-corrected chi connectivity index (χ3v) is 4.36. The van der Waals surface area contributed by atoms with Crippen LogP contribution in [0.3, 0.4) is 0 Å². The molecule has 2 aromatic heterocycles. The Balaban J connectivity index is 1.66. The van der Waals surface area contributed by atoms with Gasteiger partial charge in [-0.05, 0) is 31.9 Å². The van der Waals surface area contributed by atoms with E-state index >= 15 is 0 Å². The molecule has 1 fully saturated rings. The van der Waals surface area contributed by atoms with Crippen LogP contribution in [0.4, 0.5) is 0 Å². The van der Waals surface area contributed by atoms with Crippen LogP contribution in [0, 0.1) is 6.92 Å². The van der Waals surface area contributed by atoms with Crippen molar-refractivity contribution in [2.75, 3.05) is 6.54 Å². The summed E-state index contributed by atoms with van der Waals surface area (Å²) < 4.78 is 2.12. The van der Waals surface area contributed by atoms with Gasteiger partial charge in [-0.25, -0.2) is 4.98 Å². The van der Waals surface area contributed by atoms with E-state index in [4.69, 9.17) is 0 Å². The van der Waals surface area contributed by atoms with E-state index < -0.39 is 5.60 Å². The van der Waals surface area contributed by atoms with Crippen molar-refractivity contribution >= 4 is 5.65 Å². The van der Waals surface area contributed by atoms with Crippen LogP contribution >= 0.6 is 0 Å². The Kier molecular flexibility index (Phi) is 3.76. The van der Waals surface area contributed by atoms with Crippen molar-refractivity contribution in [3.05, 3.63) is 35.8 Å². The smallest absolute Gasteiger partial charge is 0.137 e. The monoisotopic (exact) mass is 273 g/mol. The molecular weight excluding hydrogens is 250 g/mol. The van der Waals surface area contributed by atoms with Crippen LogP contribution in [0.25, 0.3) is 5.65 Å². The molecule has 2 aromatic rings. The second-order valence-electron chi connectivity index (χ2n) is 5.96. The largest absolute Gasteiger partial charge is 0.389 e. The van der Waals surface area contributed by atoms with Gasteiger partial charge in [-0.1, -0.05) is 25.3 Å². The summed E-state index contributed by atoms with van der Waals surface area (Å²) in [5.74, 6) is 0. The first-order valence-electron chi connectivity index (χ1n) is 7.54. The number of nitrogens with one attached hydrogen (secondary N) is 1. The lowest BCUT2D eigenvalue weighted by Crippen LogP contribution is -2.42. The summed E-state index contributed by atoms with van der Waals surface area (Å²) in [7, 11) is 0. The minimum atomic E-state index is -0.507. The fraction of sp³-hybridized carbons (Fsp3) is 0.562. The first-order chi connectivity index (χ1) is 9.68. The Morgan fingerprint density at radius 2 is 2.10 bits per heavy atom. The summed E-state index contributed by atoms with van der Waals surface area (Å²) >= 11 is 0. The lowest BCUT2D eigenvalue weighted by Gasteiger charge is -2.32. The van der Waals surface area contributed by atoms with E-state index in [1.54, 1.807) is 0 Å². The van der Waals surface area contributed by atoms with E-state index in [-0.39, 0.29) is 0 Å². The number of pyridine rings is 1. The first kappa shape index (κ1) is 13.6. The molecule has 108 valence electrons. The maximum absolute atomic E-state index is 10.5. The molecule has 0 radical (unpaired) electrons. The average molecular weight is 273 g/mol. The number of aromatic nitrogens is 2. The van der Waals surface area contributed by atoms with Crippen molar-refractivity contribution in [2.45, 2.75) is 51.2 Å². The van der Waals surface area contributed by atoms with E-state index in [2.05, 4.69) is 14.7 Å². The normalized spacial score (nSPS) is 18.5. The molecule has 0 bridgehead atoms. The van der Waals surface area contributed by atoms with Crippen molar-refractivity contribution in [3.8, 4) is 0 Å². The van der Waals surface area contributed by atoms with Gasteiger partial charge in [0.25, 0.3) is 0 Å². The molecule has 1 saturated carbocycles. The summed E-state index contributed by atoms with van der Waals surface area (Å²) in [6.07, 6.45) is 7.44. The fourth-order valence-corrected chi connectivity index (χ4v) is 3.18. The van der Waals surface area contributed by atoms with Crippen molar-refractivity contribution in [3.63, 3.8) is 0 Å². The molecule has 20 heavy (non-hydrogen) atoms. The summed E-state index contributed by atoms with van der Waals surface area (Å²) in [5.41, 5.74) is 2.71. The standard InChI is InChI=1S/C16H23N3O/c1-13-14(19-10-6-3-7-15(19)18-13)11-17-12-16(20)8-4-2-5-9-16/h3,6-7,10,17,20H,2,4-5,8-9,11-12H2,1H3. The molecule has 1 aliphatic rings. The molecule has 0 aromatic carbocycles. The minimum absolute atomic E-state index is 0.507. The number of aryl methyl sites for hydroxylation is 1. The van der Waals surface area contributed by atoms with Gasteiger partial charge in [0.1, 0.15) is 5.65 Å². The maximum atomic E-state index is 10.5. The number of imidazole rings is 1. The van der Waals surface area contributed by atoms with Gasteiger partial charge in [-0.3, -0.25) is 0 Å². The van der Waals surface area contributed by atoms with Crippen LogP contribution in [0.2, 0.25) is 0 Å². The van der Waals surface area contributed by atoms with Crippen molar-refractivity contribution in [2.24, 2.45) is 0 Å². The van der Waals surface area contributed by atoms with Gasteiger partial charge < -0.3 is 14.8 Å². The number of nitrogens with zero attached hydrogens (tertiary/aromatic N) is 2. The molecule has 0 amide bonds. The highest BCUT2D eigenvalue weighted by Gasteiger charge is 2.28. The van der Waals surface area contributed by atoms with Crippen LogP contribution in [-0.4, -0.2) is 26.6 Å². The summed E-state index contributed by atoms with van der Waals surface area (Å²) in [6.45, 7) is 3.46. The Morgan fingerprint density at radius 3 is 2.90 bits per heavy atom. The summed E-state index contributed by atoms with van der Waals surface area (Å²) in [5, 5.41) is 13.9. The van der Waals surface area contributed by atoms with Crippen molar-refractivity contribution in [1.82, 2.24) is 14.7 Å². The van der Waals surface area contributed by atoms with Crippen molar-refractivity contribution < 1.29 is 5.11 Å². The topological polar surface area (TPSA) is 49.6 Å². The van der Waals surface area contributed by atoms with E-state index in [0.717, 1.165) is 43.6 Å². The molecule has 0 aliphatic heterocycles. The number of rotatable bonds is 4. The van der Waals surface area contributed by atoms with Gasteiger partial charge in [-0.2, -0.15) is 0 Å². The quantitative estimate of drug-likeness (QED) is 0.899. The Bertz CT molecular complexity index is 584. The highest BCUT2D eigenvalue weighted by atomic mass is 16.3. The summed E-state index contributed by atoms with van der Waals surface area (Å²) in [6, 6.07) is 6.04. The highest BCUT2D eigenvalue weighted by Crippen LogP contribution is 2.27. The second kappa shape index (κ2) is 5.54. The van der Waals surface area contributed by atoms with E-state index in [9.17, 15) is 5.11 Å². The highest BCUT2D eigenvalue weighted by molar-refractivity contribution is 5.42. The number of aliphatic hydroxyl groups is 1. The predicted molar refractivity (Wildman–Crippen MR) is 79.7 cm³/mol. The van der Waals surface area contributed by atoms with Gasteiger partial charge in [0, 0.05) is 19.3 Å². The van der Waals surface area contributed by atoms with Crippen molar-refractivity contribution in [1.29, 1.82) is 0 Å². The predicted octanol–water partition coefficient (Wildman–Crippen LogP) is 2.43. The van der Waals surface area contributed by atoms with Gasteiger partial charge in [0.05, 0.1) is 17.0 Å². The number of hydrogen-bond acceptors (Lipinski definition) is 3. The lowest BCUT2D eigenvalue weighted by molar-refractivity contribution is 0.00459. The van der Waals surface area contributed by atoms with Gasteiger partial charge in [0.15, 0.2) is 0 Å². The van der Waals surface area contributed by atoms with Gasteiger partial charge >= 0.3 is 0 Å². The third-order valence-electron chi connectivity index (χ3n) is 4.36. The molecule has 0 unspecified atom stereocenters. The van der Waals surface area contributed by atoms with Crippen LogP contribution in [-0.2, 0) is 6.54 Å². The molecule has 0 atom stereocenters. The van der Waals surface area contributed by atoms with Crippen LogP contribution in [0.15, 0.2) is 24.4 Å². The van der Waals surface area contributed by atoms with Crippen LogP contribution in [0.1, 0.15) is 43.5 Å². The second-order valence-corrected chi connectivity index (χ2v) is 5.96. The van der Waals surface area contributed by atoms with Gasteiger partial charge in [0.2, 0.25) is 0 Å². The molecule has 4 nitrogen and oxygen atoms in total. The zero-order valence-corrected chi connectivity index (χ0v) is 12.1. The van der Waals surface area contributed by atoms with Crippen LogP contribution in [0.5, 0.6) is 0 Å². The van der Waals surface area contributed by atoms with E-state index in [0.29, 0.717) is 6.54 Å². The SMILES string of the molecule is Cc1nc2ccccn2c1CNCC1(O)CCCCC1. The Hall–Kier alpha value is -1.39. The fourth-order valence-electron chi connectivity index (χ4n) is 3.18. The molecular formula is C16H23N3O. The molecule has 2 N–H and O–H groups in total. The first-order valence-corrected chi connectivity index (χ1v) is 7.54. The molecule has 0 spiro atoms.